The molecule has 2 rings (SSSR count). The van der Waals surface area contributed by atoms with Crippen LogP contribution in [-0.4, -0.2) is 11.7 Å². The summed E-state index contributed by atoms with van der Waals surface area (Å²) < 4.78 is 46.4. The van der Waals surface area contributed by atoms with Crippen molar-refractivity contribution in [2.45, 2.75) is 96.4 Å². The van der Waals surface area contributed by atoms with Crippen LogP contribution in [0.1, 0.15) is 94.7 Å². The van der Waals surface area contributed by atoms with Crippen LogP contribution in [-0.2, 0) is 17.5 Å². The number of nitrogens with one attached hydrogen (secondary N) is 1. The van der Waals surface area contributed by atoms with Gasteiger partial charge in [0.1, 0.15) is 5.60 Å². The summed E-state index contributed by atoms with van der Waals surface area (Å²) in [5.41, 5.74) is -0.400. The van der Waals surface area contributed by atoms with Crippen LogP contribution in [0.5, 0.6) is 0 Å². The summed E-state index contributed by atoms with van der Waals surface area (Å²) in [6, 6.07) is 4.48. The lowest BCUT2D eigenvalue weighted by Crippen LogP contribution is -2.32. The quantitative estimate of drug-likeness (QED) is 0.597. The van der Waals surface area contributed by atoms with Crippen LogP contribution in [0, 0.1) is 0 Å². The summed E-state index contributed by atoms with van der Waals surface area (Å²) in [5.74, 6) is -0.0532. The molecule has 158 valence electrons. The molecule has 1 N–H and O–H groups in total. The molecule has 1 amide bonds. The van der Waals surface area contributed by atoms with Gasteiger partial charge in [-0.15, -0.1) is 0 Å². The lowest BCUT2D eigenvalue weighted by atomic mass is 9.85. The van der Waals surface area contributed by atoms with Gasteiger partial charge < -0.3 is 10.1 Å². The Hall–Kier alpha value is -1.72. The van der Waals surface area contributed by atoms with Crippen LogP contribution in [0.3, 0.4) is 0 Å². The number of ether oxygens (including phenoxy) is 1. The van der Waals surface area contributed by atoms with E-state index >= 15 is 0 Å². The zero-order chi connectivity index (χ0) is 20.8. The van der Waals surface area contributed by atoms with E-state index in [9.17, 15) is 18.0 Å². The van der Waals surface area contributed by atoms with Crippen molar-refractivity contribution in [3.8, 4) is 0 Å². The monoisotopic (exact) mass is 399 g/mol. The molecule has 1 aliphatic carbocycles. The summed E-state index contributed by atoms with van der Waals surface area (Å²) in [6.07, 6.45) is 3.05. The van der Waals surface area contributed by atoms with Crippen molar-refractivity contribution in [2.75, 3.05) is 0 Å². The third-order valence-electron chi connectivity index (χ3n) is 5.05. The molecular weight excluding hydrogens is 367 g/mol. The van der Waals surface area contributed by atoms with E-state index in [4.69, 9.17) is 4.74 Å². The van der Waals surface area contributed by atoms with E-state index in [0.29, 0.717) is 11.1 Å². The fraction of sp³-hybridized carbons (Fsp3) is 0.682. The standard InChI is InChI=1S/C22H32F3NO2/c1-21(2,3)28-20(27)26-15-16-12-13-18(19(14-16)22(23,24)25)17-10-8-6-4-5-7-9-11-17/h12-14,17H,4-11,15H2,1-3H3,(H,26,27). The maximum Gasteiger partial charge on any atom is 0.416 e. The number of amides is 1. The first-order valence-electron chi connectivity index (χ1n) is 10.2. The predicted octanol–water partition coefficient (Wildman–Crippen LogP) is 6.95. The molecule has 0 bridgehead atoms. The van der Waals surface area contributed by atoms with Crippen LogP contribution in [0.25, 0.3) is 0 Å². The number of rotatable bonds is 3. The van der Waals surface area contributed by atoms with Gasteiger partial charge in [0.25, 0.3) is 0 Å². The molecule has 1 fully saturated rings. The van der Waals surface area contributed by atoms with Gasteiger partial charge in [-0.25, -0.2) is 4.79 Å². The average molecular weight is 399 g/mol. The Kier molecular flexibility index (Phi) is 7.79. The van der Waals surface area contributed by atoms with E-state index in [1.54, 1.807) is 32.9 Å². The summed E-state index contributed by atoms with van der Waals surface area (Å²) in [5, 5.41) is 2.53. The van der Waals surface area contributed by atoms with E-state index in [-0.39, 0.29) is 12.5 Å². The largest absolute Gasteiger partial charge is 0.444 e. The summed E-state index contributed by atoms with van der Waals surface area (Å²) in [4.78, 5) is 11.8. The van der Waals surface area contributed by atoms with Crippen LogP contribution in [0.15, 0.2) is 18.2 Å². The molecule has 0 spiro atoms. The van der Waals surface area contributed by atoms with Gasteiger partial charge in [0.2, 0.25) is 0 Å². The molecule has 28 heavy (non-hydrogen) atoms. The van der Waals surface area contributed by atoms with Crippen molar-refractivity contribution in [3.05, 3.63) is 34.9 Å². The molecule has 0 unspecified atom stereocenters. The van der Waals surface area contributed by atoms with Crippen molar-refractivity contribution in [1.82, 2.24) is 5.32 Å². The maximum atomic E-state index is 13.8. The topological polar surface area (TPSA) is 38.3 Å². The third-order valence-corrected chi connectivity index (χ3v) is 5.05. The highest BCUT2D eigenvalue weighted by atomic mass is 19.4. The van der Waals surface area contributed by atoms with Crippen molar-refractivity contribution >= 4 is 6.09 Å². The van der Waals surface area contributed by atoms with E-state index in [1.165, 1.54) is 18.9 Å². The molecule has 3 nitrogen and oxygen atoms in total. The molecule has 0 aliphatic heterocycles. The van der Waals surface area contributed by atoms with E-state index in [1.807, 2.05) is 0 Å². The summed E-state index contributed by atoms with van der Waals surface area (Å²) in [7, 11) is 0. The fourth-order valence-corrected chi connectivity index (χ4v) is 3.75. The molecule has 0 aromatic heterocycles. The molecule has 0 atom stereocenters. The van der Waals surface area contributed by atoms with Crippen LogP contribution in [0.2, 0.25) is 0 Å². The van der Waals surface area contributed by atoms with Crippen LogP contribution < -0.4 is 5.32 Å². The Balaban J connectivity index is 2.17. The smallest absolute Gasteiger partial charge is 0.416 e. The molecule has 1 aromatic rings. The van der Waals surface area contributed by atoms with E-state index < -0.39 is 23.4 Å². The van der Waals surface area contributed by atoms with Gasteiger partial charge in [-0.05, 0) is 56.7 Å². The number of halogens is 3. The van der Waals surface area contributed by atoms with Crippen molar-refractivity contribution < 1.29 is 22.7 Å². The van der Waals surface area contributed by atoms with Gasteiger partial charge in [-0.2, -0.15) is 13.2 Å². The molecule has 1 aliphatic rings. The lowest BCUT2D eigenvalue weighted by molar-refractivity contribution is -0.138. The molecule has 0 radical (unpaired) electrons. The maximum absolute atomic E-state index is 13.8. The number of carbonyl (C=O) groups excluding carboxylic acids is 1. The number of alkyl carbamates (subject to hydrolysis) is 1. The van der Waals surface area contributed by atoms with Crippen LogP contribution >= 0.6 is 0 Å². The zero-order valence-corrected chi connectivity index (χ0v) is 17.1. The van der Waals surface area contributed by atoms with Gasteiger partial charge >= 0.3 is 12.3 Å². The Bertz CT molecular complexity index is 640. The minimum atomic E-state index is -4.41. The average Bonchev–Trinajstić information content (AvgIpc) is 2.71. The van der Waals surface area contributed by atoms with Gasteiger partial charge in [-0.1, -0.05) is 50.7 Å². The molecule has 0 heterocycles. The highest BCUT2D eigenvalue weighted by molar-refractivity contribution is 5.67. The number of hydrogen-bond donors (Lipinski definition) is 1. The fourth-order valence-electron chi connectivity index (χ4n) is 3.75. The molecule has 1 aromatic carbocycles. The minimum Gasteiger partial charge on any atom is -0.444 e. The SMILES string of the molecule is CC(C)(C)OC(=O)NCc1ccc(C2CCCCCCCC2)c(C(F)(F)F)c1. The first-order valence-corrected chi connectivity index (χ1v) is 10.2. The predicted molar refractivity (Wildman–Crippen MR) is 104 cm³/mol. The first kappa shape index (κ1) is 22.6. The highest BCUT2D eigenvalue weighted by Crippen LogP contribution is 2.40. The second-order valence-electron chi connectivity index (χ2n) is 8.67. The number of carbonyl (C=O) groups is 1. The van der Waals surface area contributed by atoms with Gasteiger partial charge in [0.05, 0.1) is 5.56 Å². The summed E-state index contributed by atoms with van der Waals surface area (Å²) in [6.45, 7) is 5.21. The Morgan fingerprint density at radius 1 is 1.04 bits per heavy atom. The Morgan fingerprint density at radius 3 is 2.14 bits per heavy atom. The lowest BCUT2D eigenvalue weighted by Gasteiger charge is -2.23. The second kappa shape index (κ2) is 9.66. The second-order valence-corrected chi connectivity index (χ2v) is 8.67. The van der Waals surface area contributed by atoms with Gasteiger partial charge in [0.15, 0.2) is 0 Å². The Morgan fingerprint density at radius 2 is 1.61 bits per heavy atom. The van der Waals surface area contributed by atoms with E-state index in [2.05, 4.69) is 5.32 Å². The van der Waals surface area contributed by atoms with Gasteiger partial charge in [-0.3, -0.25) is 0 Å². The van der Waals surface area contributed by atoms with Gasteiger partial charge in [0, 0.05) is 6.54 Å². The summed E-state index contributed by atoms with van der Waals surface area (Å²) >= 11 is 0. The van der Waals surface area contributed by atoms with Crippen LogP contribution in [0.4, 0.5) is 18.0 Å². The number of alkyl halides is 3. The zero-order valence-electron chi connectivity index (χ0n) is 17.1. The van der Waals surface area contributed by atoms with E-state index in [0.717, 1.165) is 38.5 Å². The minimum absolute atomic E-state index is 0.00292. The molecule has 6 heteroatoms. The highest BCUT2D eigenvalue weighted by Gasteiger charge is 2.35. The number of benzene rings is 1. The molecular formula is C22H32F3NO2. The third kappa shape index (κ3) is 7.36. The molecule has 0 saturated heterocycles. The van der Waals surface area contributed by atoms with Crippen molar-refractivity contribution in [2.24, 2.45) is 0 Å². The normalized spacial score (nSPS) is 17.4. The van der Waals surface area contributed by atoms with Crippen molar-refractivity contribution in [3.63, 3.8) is 0 Å². The Labute approximate surface area is 166 Å². The first-order chi connectivity index (χ1) is 13.1. The van der Waals surface area contributed by atoms with Crippen molar-refractivity contribution in [1.29, 1.82) is 0 Å². The number of hydrogen-bond acceptors (Lipinski definition) is 2. The molecule has 1 saturated carbocycles.